The molecule has 14 heteroatoms. The molecule has 1 aromatic carbocycles. The normalized spacial score (nSPS) is 21.7. The van der Waals surface area contributed by atoms with E-state index in [2.05, 4.69) is 20.5 Å². The average Bonchev–Trinajstić information content (AvgIpc) is 3.49. The molecule has 11 nitrogen and oxygen atoms in total. The zero-order valence-corrected chi connectivity index (χ0v) is 22.8. The Hall–Kier alpha value is -4.46. The van der Waals surface area contributed by atoms with Gasteiger partial charge in [0.2, 0.25) is 0 Å². The first kappa shape index (κ1) is 27.7. The largest absolute Gasteiger partial charge is 0.483 e. The molecule has 2 aromatic heterocycles. The van der Waals surface area contributed by atoms with E-state index >= 15 is 0 Å². The fraction of sp³-hybridized carbons (Fsp3) is 0.393. The number of rotatable bonds is 6. The summed E-state index contributed by atoms with van der Waals surface area (Å²) in [6.07, 6.45) is 2.92. The van der Waals surface area contributed by atoms with Crippen molar-refractivity contribution in [2.75, 3.05) is 13.1 Å². The van der Waals surface area contributed by atoms with Crippen LogP contribution in [0.15, 0.2) is 35.6 Å². The number of nitrogens with one attached hydrogen (secondary N) is 1. The Morgan fingerprint density at radius 1 is 1.10 bits per heavy atom. The molecule has 1 saturated carbocycles. The van der Waals surface area contributed by atoms with Crippen molar-refractivity contribution in [3.8, 4) is 17.1 Å². The first-order valence-corrected chi connectivity index (χ1v) is 13.5. The molecule has 4 heterocycles. The van der Waals surface area contributed by atoms with E-state index in [1.165, 1.54) is 39.0 Å². The molecule has 3 amide bonds. The number of carbonyl (C=O) groups is 2. The van der Waals surface area contributed by atoms with Crippen LogP contribution in [0.3, 0.4) is 0 Å². The smallest absolute Gasteiger partial charge is 0.341 e. The number of aliphatic hydroxyl groups is 1. The van der Waals surface area contributed by atoms with E-state index in [9.17, 15) is 27.9 Å². The zero-order chi connectivity index (χ0) is 29.7. The minimum absolute atomic E-state index is 0.0797. The van der Waals surface area contributed by atoms with Crippen LogP contribution >= 0.6 is 0 Å². The fourth-order valence-corrected chi connectivity index (χ4v) is 5.43. The highest BCUT2D eigenvalue weighted by Gasteiger charge is 2.39. The van der Waals surface area contributed by atoms with Crippen LogP contribution in [0, 0.1) is 24.4 Å². The van der Waals surface area contributed by atoms with Gasteiger partial charge in [-0.3, -0.25) is 14.5 Å². The average molecular weight is 584 g/mol. The number of likely N-dealkylation sites (tertiary alicyclic amines) is 1. The molecule has 2 aliphatic heterocycles. The fourth-order valence-electron chi connectivity index (χ4n) is 5.43. The van der Waals surface area contributed by atoms with Crippen molar-refractivity contribution in [3.05, 3.63) is 64.7 Å². The van der Waals surface area contributed by atoms with Gasteiger partial charge >= 0.3 is 6.03 Å². The summed E-state index contributed by atoms with van der Waals surface area (Å²) in [7, 11) is 1.63. The number of hydrogen-bond donors (Lipinski definition) is 2. The second-order valence-electron chi connectivity index (χ2n) is 10.8. The van der Waals surface area contributed by atoms with Gasteiger partial charge in [0.15, 0.2) is 11.6 Å². The number of hydrazone groups is 1. The SMILES string of the molecule is Cc1c(-c2cc(OC3CN(C(=O)N4N=CC[C@H]4c4cc(F)cc(F)c4)C3)c(F)cn2)nn(C)c1C(=O)NC1CC(O)C1. The molecule has 0 spiro atoms. The van der Waals surface area contributed by atoms with Gasteiger partial charge in [0, 0.05) is 43.4 Å². The van der Waals surface area contributed by atoms with E-state index in [1.54, 1.807) is 14.0 Å². The number of ether oxygens (including phenoxy) is 1. The number of amides is 3. The van der Waals surface area contributed by atoms with Gasteiger partial charge < -0.3 is 20.1 Å². The molecule has 0 bridgehead atoms. The summed E-state index contributed by atoms with van der Waals surface area (Å²) in [5.41, 5.74) is 1.88. The molecule has 1 saturated heterocycles. The van der Waals surface area contributed by atoms with Crippen LogP contribution in [-0.4, -0.2) is 79.3 Å². The van der Waals surface area contributed by atoms with Crippen molar-refractivity contribution >= 4 is 18.2 Å². The summed E-state index contributed by atoms with van der Waals surface area (Å²) in [4.78, 5) is 31.5. The third-order valence-electron chi connectivity index (χ3n) is 7.72. The maximum Gasteiger partial charge on any atom is 0.341 e. The lowest BCUT2D eigenvalue weighted by atomic mass is 9.89. The Morgan fingerprint density at radius 3 is 2.50 bits per heavy atom. The molecule has 220 valence electrons. The summed E-state index contributed by atoms with van der Waals surface area (Å²) in [6, 6.07) is 3.31. The lowest BCUT2D eigenvalue weighted by molar-refractivity contribution is 0.0256. The third-order valence-corrected chi connectivity index (χ3v) is 7.72. The van der Waals surface area contributed by atoms with Gasteiger partial charge in [-0.25, -0.2) is 23.0 Å². The molecule has 3 aromatic rings. The van der Waals surface area contributed by atoms with Crippen molar-refractivity contribution in [2.45, 2.75) is 50.5 Å². The van der Waals surface area contributed by atoms with Gasteiger partial charge in [-0.15, -0.1) is 0 Å². The second-order valence-corrected chi connectivity index (χ2v) is 10.8. The van der Waals surface area contributed by atoms with Crippen LogP contribution in [0.1, 0.15) is 46.9 Å². The Morgan fingerprint density at radius 2 is 1.81 bits per heavy atom. The molecule has 1 atom stereocenters. The maximum absolute atomic E-state index is 14.7. The van der Waals surface area contributed by atoms with E-state index in [0.29, 0.717) is 47.5 Å². The standard InChI is InChI=1S/C28H28F3N7O4/c1-14-25(35-36(2)26(14)27(40)34-18-8-19(39)9-18)22-10-24(21(31)11-32-22)42-20-12-37(13-20)28(41)38-23(3-4-33-38)15-5-16(29)7-17(30)6-15/h4-7,10-11,18-20,23,39H,3,8-9,12-13H2,1-2H3,(H,34,40)/t18?,19?,23-/m0/s1. The molecule has 2 N–H and O–H groups in total. The molecule has 0 unspecified atom stereocenters. The third kappa shape index (κ3) is 5.17. The first-order chi connectivity index (χ1) is 20.1. The molecule has 0 radical (unpaired) electrons. The minimum atomic E-state index is -0.741. The predicted molar refractivity (Wildman–Crippen MR) is 143 cm³/mol. The van der Waals surface area contributed by atoms with Crippen LogP contribution in [0.2, 0.25) is 0 Å². The number of benzene rings is 1. The van der Waals surface area contributed by atoms with Crippen LogP contribution in [0.4, 0.5) is 18.0 Å². The Balaban J connectivity index is 1.11. The maximum atomic E-state index is 14.7. The summed E-state index contributed by atoms with van der Waals surface area (Å²) in [5.74, 6) is -2.58. The Kier molecular flexibility index (Phi) is 7.09. The highest BCUT2D eigenvalue weighted by Crippen LogP contribution is 2.33. The van der Waals surface area contributed by atoms with Gasteiger partial charge in [0.05, 0.1) is 37.1 Å². The quantitative estimate of drug-likeness (QED) is 0.460. The van der Waals surface area contributed by atoms with Crippen LogP contribution < -0.4 is 10.1 Å². The molecular weight excluding hydrogens is 555 g/mol. The summed E-state index contributed by atoms with van der Waals surface area (Å²) >= 11 is 0. The zero-order valence-electron chi connectivity index (χ0n) is 22.8. The van der Waals surface area contributed by atoms with Crippen molar-refractivity contribution < 1.29 is 32.6 Å². The van der Waals surface area contributed by atoms with Crippen LogP contribution in [0.25, 0.3) is 11.4 Å². The Bertz CT molecular complexity index is 1560. The van der Waals surface area contributed by atoms with Crippen molar-refractivity contribution in [2.24, 2.45) is 12.1 Å². The van der Waals surface area contributed by atoms with Crippen LogP contribution in [-0.2, 0) is 7.05 Å². The number of carbonyl (C=O) groups excluding carboxylic acids is 2. The molecule has 42 heavy (non-hydrogen) atoms. The van der Waals surface area contributed by atoms with Gasteiger partial charge in [-0.2, -0.15) is 10.2 Å². The highest BCUT2D eigenvalue weighted by atomic mass is 19.1. The van der Waals surface area contributed by atoms with Crippen LogP contribution in [0.5, 0.6) is 5.75 Å². The number of aromatic nitrogens is 3. The number of urea groups is 1. The van der Waals surface area contributed by atoms with Gasteiger partial charge in [-0.1, -0.05) is 0 Å². The molecule has 2 fully saturated rings. The second kappa shape index (κ2) is 10.7. The molecule has 1 aliphatic carbocycles. The van der Waals surface area contributed by atoms with E-state index in [-0.39, 0.29) is 30.8 Å². The molecular formula is C28H28F3N7O4. The first-order valence-electron chi connectivity index (χ1n) is 13.5. The summed E-state index contributed by atoms with van der Waals surface area (Å²) in [6.45, 7) is 2.02. The Labute approximate surface area is 238 Å². The molecule has 6 rings (SSSR count). The van der Waals surface area contributed by atoms with E-state index < -0.39 is 41.7 Å². The van der Waals surface area contributed by atoms with Gasteiger partial charge in [-0.05, 0) is 37.5 Å². The number of hydrogen-bond acceptors (Lipinski definition) is 7. The van der Waals surface area contributed by atoms with E-state index in [1.807, 2.05) is 0 Å². The number of aliphatic hydroxyl groups excluding tert-OH is 1. The lowest BCUT2D eigenvalue weighted by Crippen LogP contribution is -2.58. The highest BCUT2D eigenvalue weighted by molar-refractivity contribution is 5.95. The molecule has 3 aliphatic rings. The summed E-state index contributed by atoms with van der Waals surface area (Å²) in [5, 5.41) is 22.1. The van der Waals surface area contributed by atoms with Gasteiger partial charge in [0.25, 0.3) is 5.91 Å². The van der Waals surface area contributed by atoms with Crippen molar-refractivity contribution in [3.63, 3.8) is 0 Å². The van der Waals surface area contributed by atoms with Gasteiger partial charge in [0.1, 0.15) is 29.1 Å². The summed E-state index contributed by atoms with van der Waals surface area (Å²) < 4.78 is 49.4. The number of nitrogens with zero attached hydrogens (tertiary/aromatic N) is 6. The van der Waals surface area contributed by atoms with Crippen molar-refractivity contribution in [1.82, 2.24) is 30.0 Å². The number of pyridine rings is 1. The topological polar surface area (TPSA) is 125 Å². The number of aryl methyl sites for hydroxylation is 1. The van der Waals surface area contributed by atoms with Crippen molar-refractivity contribution in [1.29, 1.82) is 0 Å². The van der Waals surface area contributed by atoms with E-state index in [0.717, 1.165) is 12.3 Å². The lowest BCUT2D eigenvalue weighted by Gasteiger charge is -2.41. The monoisotopic (exact) mass is 583 g/mol. The predicted octanol–water partition coefficient (Wildman–Crippen LogP) is 3.08. The number of halogens is 3. The van der Waals surface area contributed by atoms with E-state index in [4.69, 9.17) is 4.74 Å². The minimum Gasteiger partial charge on any atom is -0.483 e.